The van der Waals surface area contributed by atoms with Crippen molar-refractivity contribution in [3.63, 3.8) is 0 Å². The van der Waals surface area contributed by atoms with Gasteiger partial charge in [-0.15, -0.1) is 11.3 Å². The smallest absolute Gasteiger partial charge is 0.267 e. The van der Waals surface area contributed by atoms with Crippen LogP contribution >= 0.6 is 11.3 Å². The van der Waals surface area contributed by atoms with Crippen LogP contribution in [0.5, 0.6) is 0 Å². The van der Waals surface area contributed by atoms with Crippen molar-refractivity contribution < 1.29 is 4.79 Å². The third-order valence-corrected chi connectivity index (χ3v) is 4.75. The SMILES string of the molecule is Cc1nc(CC(C)C)c(C(=O)Nc2ccc(-c3n[nH]c(CN)n3)cc2)s1. The highest BCUT2D eigenvalue weighted by atomic mass is 32.1. The molecule has 8 heteroatoms. The average Bonchev–Trinajstić information content (AvgIpc) is 3.21. The van der Waals surface area contributed by atoms with Crippen LogP contribution in [0.15, 0.2) is 24.3 Å². The number of amides is 1. The summed E-state index contributed by atoms with van der Waals surface area (Å²) in [5.41, 5.74) is 7.97. The first kappa shape index (κ1) is 18.2. The van der Waals surface area contributed by atoms with E-state index in [2.05, 4.69) is 39.3 Å². The zero-order chi connectivity index (χ0) is 18.7. The summed E-state index contributed by atoms with van der Waals surface area (Å²) in [6.07, 6.45) is 0.792. The third kappa shape index (κ3) is 4.14. The van der Waals surface area contributed by atoms with Crippen LogP contribution < -0.4 is 11.1 Å². The molecule has 4 N–H and O–H groups in total. The van der Waals surface area contributed by atoms with Crippen LogP contribution in [0.4, 0.5) is 5.69 Å². The van der Waals surface area contributed by atoms with Gasteiger partial charge in [0.25, 0.3) is 5.91 Å². The van der Waals surface area contributed by atoms with Gasteiger partial charge in [-0.3, -0.25) is 9.89 Å². The number of benzene rings is 1. The van der Waals surface area contributed by atoms with Gasteiger partial charge in [-0.25, -0.2) is 9.97 Å². The summed E-state index contributed by atoms with van der Waals surface area (Å²) in [6.45, 7) is 6.48. The Labute approximate surface area is 156 Å². The second-order valence-electron chi connectivity index (χ2n) is 6.45. The predicted octanol–water partition coefficient (Wildman–Crippen LogP) is 3.15. The van der Waals surface area contributed by atoms with Gasteiger partial charge in [0.15, 0.2) is 5.82 Å². The molecular weight excluding hydrogens is 348 g/mol. The maximum absolute atomic E-state index is 12.6. The van der Waals surface area contributed by atoms with Crippen molar-refractivity contribution in [1.82, 2.24) is 20.2 Å². The van der Waals surface area contributed by atoms with Crippen molar-refractivity contribution in [2.45, 2.75) is 33.7 Å². The molecule has 0 fully saturated rings. The van der Waals surface area contributed by atoms with Gasteiger partial charge in [-0.1, -0.05) is 13.8 Å². The highest BCUT2D eigenvalue weighted by molar-refractivity contribution is 7.13. The number of carbonyl (C=O) groups excluding carboxylic acids is 1. The van der Waals surface area contributed by atoms with Crippen molar-refractivity contribution >= 4 is 22.9 Å². The Hall–Kier alpha value is -2.58. The molecule has 2 heterocycles. The molecule has 0 saturated heterocycles. The van der Waals surface area contributed by atoms with Gasteiger partial charge in [0.2, 0.25) is 0 Å². The minimum atomic E-state index is -0.123. The second kappa shape index (κ2) is 7.76. The number of nitrogens with two attached hydrogens (primary N) is 1. The van der Waals surface area contributed by atoms with E-state index in [0.717, 1.165) is 28.4 Å². The monoisotopic (exact) mass is 370 g/mol. The molecule has 0 saturated carbocycles. The number of nitrogens with one attached hydrogen (secondary N) is 2. The van der Waals surface area contributed by atoms with Crippen molar-refractivity contribution in [3.8, 4) is 11.4 Å². The number of H-pyrrole nitrogens is 1. The molecule has 0 atom stereocenters. The summed E-state index contributed by atoms with van der Waals surface area (Å²) in [7, 11) is 0. The molecule has 0 spiro atoms. The van der Waals surface area contributed by atoms with E-state index in [1.165, 1.54) is 11.3 Å². The van der Waals surface area contributed by atoms with E-state index in [1.54, 1.807) is 0 Å². The van der Waals surface area contributed by atoms with E-state index >= 15 is 0 Å². The second-order valence-corrected chi connectivity index (χ2v) is 7.65. The fourth-order valence-electron chi connectivity index (χ4n) is 2.58. The lowest BCUT2D eigenvalue weighted by Crippen LogP contribution is -2.13. The molecule has 0 radical (unpaired) electrons. The molecular formula is C18H22N6OS. The number of aryl methyl sites for hydroxylation is 1. The third-order valence-electron chi connectivity index (χ3n) is 3.74. The maximum atomic E-state index is 12.6. The van der Waals surface area contributed by atoms with E-state index in [9.17, 15) is 4.79 Å². The van der Waals surface area contributed by atoms with E-state index in [-0.39, 0.29) is 5.91 Å². The zero-order valence-corrected chi connectivity index (χ0v) is 15.9. The molecule has 1 amide bonds. The number of hydrogen-bond acceptors (Lipinski definition) is 6. The molecule has 1 aromatic carbocycles. The highest BCUT2D eigenvalue weighted by Crippen LogP contribution is 2.23. The van der Waals surface area contributed by atoms with Crippen LogP contribution in [0.2, 0.25) is 0 Å². The highest BCUT2D eigenvalue weighted by Gasteiger charge is 2.18. The van der Waals surface area contributed by atoms with E-state index in [0.29, 0.717) is 29.0 Å². The summed E-state index contributed by atoms with van der Waals surface area (Å²) in [5, 5.41) is 10.8. The van der Waals surface area contributed by atoms with Crippen molar-refractivity contribution in [3.05, 3.63) is 45.7 Å². The Morgan fingerprint density at radius 2 is 2.00 bits per heavy atom. The van der Waals surface area contributed by atoms with E-state index < -0.39 is 0 Å². The number of nitrogens with zero attached hydrogens (tertiary/aromatic N) is 3. The Balaban J connectivity index is 1.74. The van der Waals surface area contributed by atoms with Gasteiger partial charge < -0.3 is 11.1 Å². The molecule has 3 aromatic rings. The van der Waals surface area contributed by atoms with Crippen LogP contribution in [-0.2, 0) is 13.0 Å². The maximum Gasteiger partial charge on any atom is 0.267 e. The van der Waals surface area contributed by atoms with Crippen molar-refractivity contribution in [2.24, 2.45) is 11.7 Å². The molecule has 0 aliphatic heterocycles. The zero-order valence-electron chi connectivity index (χ0n) is 15.0. The van der Waals surface area contributed by atoms with Crippen LogP contribution in [0.25, 0.3) is 11.4 Å². The standard InChI is InChI=1S/C18H22N6OS/c1-10(2)8-14-16(26-11(3)20-14)18(25)21-13-6-4-12(5-7-13)17-22-15(9-19)23-24-17/h4-7,10H,8-9,19H2,1-3H3,(H,21,25)(H,22,23,24). The number of carbonyl (C=O) groups is 1. The molecule has 7 nitrogen and oxygen atoms in total. The molecule has 0 bridgehead atoms. The largest absolute Gasteiger partial charge is 0.324 e. The van der Waals surface area contributed by atoms with Gasteiger partial charge in [0.1, 0.15) is 10.7 Å². The number of aromatic amines is 1. The first-order valence-corrected chi connectivity index (χ1v) is 9.27. The van der Waals surface area contributed by atoms with Crippen LogP contribution in [0.1, 0.15) is 40.0 Å². The lowest BCUT2D eigenvalue weighted by molar-refractivity contribution is 0.102. The molecule has 26 heavy (non-hydrogen) atoms. The quantitative estimate of drug-likeness (QED) is 0.617. The topological polar surface area (TPSA) is 110 Å². The number of hydrogen-bond donors (Lipinski definition) is 3. The molecule has 2 aromatic heterocycles. The van der Waals surface area contributed by atoms with Crippen LogP contribution in [0.3, 0.4) is 0 Å². The Bertz CT molecular complexity index is 897. The molecule has 0 aliphatic carbocycles. The number of anilines is 1. The normalized spacial score (nSPS) is 11.1. The summed E-state index contributed by atoms with van der Waals surface area (Å²) in [5.74, 6) is 1.54. The number of thiazole rings is 1. The fraction of sp³-hybridized carbons (Fsp3) is 0.333. The minimum absolute atomic E-state index is 0.123. The van der Waals surface area contributed by atoms with Crippen molar-refractivity contribution in [1.29, 1.82) is 0 Å². The van der Waals surface area contributed by atoms with Gasteiger partial charge in [0.05, 0.1) is 17.2 Å². The first-order valence-electron chi connectivity index (χ1n) is 8.45. The van der Waals surface area contributed by atoms with Gasteiger partial charge in [0, 0.05) is 11.3 Å². The van der Waals surface area contributed by atoms with E-state index in [4.69, 9.17) is 5.73 Å². The number of rotatable bonds is 6. The summed E-state index contributed by atoms with van der Waals surface area (Å²) in [4.78, 5) is 22.1. The fourth-order valence-corrected chi connectivity index (χ4v) is 3.42. The lowest BCUT2D eigenvalue weighted by atomic mass is 10.1. The number of aromatic nitrogens is 4. The lowest BCUT2D eigenvalue weighted by Gasteiger charge is -2.07. The van der Waals surface area contributed by atoms with Crippen LogP contribution in [0, 0.1) is 12.8 Å². The van der Waals surface area contributed by atoms with Gasteiger partial charge >= 0.3 is 0 Å². The Kier molecular flexibility index (Phi) is 5.43. The first-order chi connectivity index (χ1) is 12.5. The summed E-state index contributed by atoms with van der Waals surface area (Å²) < 4.78 is 0. The minimum Gasteiger partial charge on any atom is -0.324 e. The Morgan fingerprint density at radius 3 is 2.62 bits per heavy atom. The average molecular weight is 370 g/mol. The summed E-state index contributed by atoms with van der Waals surface area (Å²) in [6, 6.07) is 7.40. The molecule has 3 rings (SSSR count). The molecule has 0 unspecified atom stereocenters. The van der Waals surface area contributed by atoms with Gasteiger partial charge in [-0.2, -0.15) is 5.10 Å². The van der Waals surface area contributed by atoms with Crippen LogP contribution in [-0.4, -0.2) is 26.1 Å². The van der Waals surface area contributed by atoms with E-state index in [1.807, 2.05) is 31.2 Å². The molecule has 0 aliphatic rings. The van der Waals surface area contributed by atoms with Crippen molar-refractivity contribution in [2.75, 3.05) is 5.32 Å². The van der Waals surface area contributed by atoms with Gasteiger partial charge in [-0.05, 0) is 43.5 Å². The predicted molar refractivity (Wildman–Crippen MR) is 103 cm³/mol. The summed E-state index contributed by atoms with van der Waals surface area (Å²) >= 11 is 1.43. The molecule has 136 valence electrons. The Morgan fingerprint density at radius 1 is 1.27 bits per heavy atom.